The fourth-order valence-corrected chi connectivity index (χ4v) is 2.79. The molecule has 128 valence electrons. The van der Waals surface area contributed by atoms with Crippen LogP contribution >= 0.6 is 0 Å². The Balaban J connectivity index is 1.88. The number of nitrogens with one attached hydrogen (secondary N) is 3. The predicted molar refractivity (Wildman–Crippen MR) is 92.3 cm³/mol. The van der Waals surface area contributed by atoms with Gasteiger partial charge in [0.2, 0.25) is 0 Å². The van der Waals surface area contributed by atoms with E-state index in [1.165, 1.54) is 11.1 Å². The molecule has 1 heterocycles. The Bertz CT molecular complexity index is 525. The summed E-state index contributed by atoms with van der Waals surface area (Å²) in [5.41, 5.74) is 2.23. The Morgan fingerprint density at radius 3 is 2.87 bits per heavy atom. The number of ether oxygens (including phenoxy) is 1. The summed E-state index contributed by atoms with van der Waals surface area (Å²) in [6.07, 6.45) is 0.669. The average molecular weight is 319 g/mol. The van der Waals surface area contributed by atoms with E-state index in [-0.39, 0.29) is 12.1 Å². The van der Waals surface area contributed by atoms with Gasteiger partial charge in [0.1, 0.15) is 5.60 Å². The molecule has 23 heavy (non-hydrogen) atoms. The van der Waals surface area contributed by atoms with Crippen LogP contribution in [0.2, 0.25) is 0 Å². The van der Waals surface area contributed by atoms with Crippen molar-refractivity contribution in [2.24, 2.45) is 0 Å². The number of benzene rings is 1. The Labute approximate surface area is 139 Å². The third-order valence-electron chi connectivity index (χ3n) is 3.79. The van der Waals surface area contributed by atoms with Gasteiger partial charge in [0.25, 0.3) is 0 Å². The third kappa shape index (κ3) is 5.84. The van der Waals surface area contributed by atoms with Crippen molar-refractivity contribution in [3.63, 3.8) is 0 Å². The Morgan fingerprint density at radius 1 is 1.39 bits per heavy atom. The van der Waals surface area contributed by atoms with Gasteiger partial charge in [-0.1, -0.05) is 24.3 Å². The van der Waals surface area contributed by atoms with Gasteiger partial charge >= 0.3 is 6.09 Å². The van der Waals surface area contributed by atoms with Gasteiger partial charge in [-0.2, -0.15) is 0 Å². The van der Waals surface area contributed by atoms with Gasteiger partial charge in [0, 0.05) is 25.2 Å². The van der Waals surface area contributed by atoms with Crippen LogP contribution in [0.25, 0.3) is 0 Å². The summed E-state index contributed by atoms with van der Waals surface area (Å²) >= 11 is 0. The van der Waals surface area contributed by atoms with Gasteiger partial charge in [0.05, 0.1) is 0 Å². The quantitative estimate of drug-likeness (QED) is 0.798. The van der Waals surface area contributed by atoms with Crippen molar-refractivity contribution < 1.29 is 9.53 Å². The molecule has 0 bridgehead atoms. The standard InChI is InChI=1S/C18H29N3O2/c1-13(11-20-17(22)23-18(2,3)4)21-16-9-10-19-12-14-7-5-6-8-15(14)16/h5-8,13,16,19,21H,9-12H2,1-4H3,(H,20,22). The summed E-state index contributed by atoms with van der Waals surface area (Å²) in [7, 11) is 0. The molecule has 1 aromatic rings. The topological polar surface area (TPSA) is 62.4 Å². The van der Waals surface area contributed by atoms with E-state index in [4.69, 9.17) is 4.74 Å². The van der Waals surface area contributed by atoms with E-state index in [0.29, 0.717) is 12.6 Å². The minimum absolute atomic E-state index is 0.165. The molecule has 0 saturated carbocycles. The molecule has 0 spiro atoms. The Morgan fingerprint density at radius 2 is 2.13 bits per heavy atom. The summed E-state index contributed by atoms with van der Waals surface area (Å²) < 4.78 is 5.27. The molecule has 2 unspecified atom stereocenters. The minimum Gasteiger partial charge on any atom is -0.444 e. The first-order valence-corrected chi connectivity index (χ1v) is 8.36. The summed E-state index contributed by atoms with van der Waals surface area (Å²) in [6.45, 7) is 10.1. The van der Waals surface area contributed by atoms with Crippen LogP contribution < -0.4 is 16.0 Å². The normalized spacial score (nSPS) is 19.4. The largest absolute Gasteiger partial charge is 0.444 e. The second-order valence-corrected chi connectivity index (χ2v) is 7.17. The van der Waals surface area contributed by atoms with Crippen molar-refractivity contribution >= 4 is 6.09 Å². The van der Waals surface area contributed by atoms with Gasteiger partial charge in [-0.05, 0) is 51.8 Å². The number of carbonyl (C=O) groups excluding carboxylic acids is 1. The first-order chi connectivity index (χ1) is 10.8. The molecular weight excluding hydrogens is 290 g/mol. The van der Waals surface area contributed by atoms with Crippen LogP contribution in [-0.2, 0) is 11.3 Å². The summed E-state index contributed by atoms with van der Waals surface area (Å²) in [6, 6.07) is 8.99. The SMILES string of the molecule is CC(CNC(=O)OC(C)(C)C)NC1CCNCc2ccccc21. The molecule has 1 aromatic carbocycles. The van der Waals surface area contributed by atoms with E-state index in [1.807, 2.05) is 20.8 Å². The molecule has 1 aliphatic heterocycles. The van der Waals surface area contributed by atoms with Crippen LogP contribution in [0.4, 0.5) is 4.79 Å². The highest BCUT2D eigenvalue weighted by Gasteiger charge is 2.20. The number of amides is 1. The lowest BCUT2D eigenvalue weighted by Gasteiger charge is -2.25. The number of fused-ring (bicyclic) bond motifs is 1. The molecule has 0 saturated heterocycles. The third-order valence-corrected chi connectivity index (χ3v) is 3.79. The number of rotatable bonds is 4. The van der Waals surface area contributed by atoms with E-state index in [9.17, 15) is 4.79 Å². The lowest BCUT2D eigenvalue weighted by molar-refractivity contribution is 0.0522. The highest BCUT2D eigenvalue weighted by atomic mass is 16.6. The van der Waals surface area contributed by atoms with Gasteiger partial charge in [-0.15, -0.1) is 0 Å². The highest BCUT2D eigenvalue weighted by Crippen LogP contribution is 2.23. The Hall–Kier alpha value is -1.59. The van der Waals surface area contributed by atoms with Gasteiger partial charge in [0.15, 0.2) is 0 Å². The fourth-order valence-electron chi connectivity index (χ4n) is 2.79. The van der Waals surface area contributed by atoms with Crippen LogP contribution in [0, 0.1) is 0 Å². The summed E-state index contributed by atoms with van der Waals surface area (Å²) in [5, 5.41) is 9.90. The monoisotopic (exact) mass is 319 g/mol. The fraction of sp³-hybridized carbons (Fsp3) is 0.611. The predicted octanol–water partition coefficient (Wildman–Crippen LogP) is 2.72. The van der Waals surface area contributed by atoms with E-state index in [1.54, 1.807) is 0 Å². The maximum Gasteiger partial charge on any atom is 0.407 e. The molecule has 2 atom stereocenters. The van der Waals surface area contributed by atoms with Crippen molar-refractivity contribution in [3.05, 3.63) is 35.4 Å². The molecule has 1 amide bonds. The van der Waals surface area contributed by atoms with Crippen molar-refractivity contribution in [3.8, 4) is 0 Å². The second-order valence-electron chi connectivity index (χ2n) is 7.17. The van der Waals surface area contributed by atoms with Crippen LogP contribution in [0.3, 0.4) is 0 Å². The summed E-state index contributed by atoms with van der Waals surface area (Å²) in [5.74, 6) is 0. The molecule has 1 aliphatic rings. The lowest BCUT2D eigenvalue weighted by Crippen LogP contribution is -2.42. The maximum absolute atomic E-state index is 11.7. The molecule has 0 radical (unpaired) electrons. The average Bonchev–Trinajstić information content (AvgIpc) is 2.66. The zero-order chi connectivity index (χ0) is 16.9. The van der Waals surface area contributed by atoms with Crippen molar-refractivity contribution in [2.45, 2.75) is 58.3 Å². The van der Waals surface area contributed by atoms with Crippen LogP contribution in [-0.4, -0.2) is 30.8 Å². The van der Waals surface area contributed by atoms with Crippen LogP contribution in [0.1, 0.15) is 51.3 Å². The molecular formula is C18H29N3O2. The Kier molecular flexibility index (Phi) is 6.02. The molecule has 0 aromatic heterocycles. The first-order valence-electron chi connectivity index (χ1n) is 8.36. The lowest BCUT2D eigenvalue weighted by atomic mass is 9.98. The smallest absolute Gasteiger partial charge is 0.407 e. The van der Waals surface area contributed by atoms with Gasteiger partial charge < -0.3 is 20.7 Å². The molecule has 0 aliphatic carbocycles. The maximum atomic E-state index is 11.7. The zero-order valence-electron chi connectivity index (χ0n) is 14.6. The van der Waals surface area contributed by atoms with E-state index >= 15 is 0 Å². The number of carbonyl (C=O) groups is 1. The zero-order valence-corrected chi connectivity index (χ0v) is 14.6. The molecule has 5 heteroatoms. The van der Waals surface area contributed by atoms with Gasteiger partial charge in [-0.25, -0.2) is 4.79 Å². The van der Waals surface area contributed by atoms with Crippen molar-refractivity contribution in [1.82, 2.24) is 16.0 Å². The first kappa shape index (κ1) is 17.8. The molecule has 0 fully saturated rings. The minimum atomic E-state index is -0.466. The van der Waals surface area contributed by atoms with E-state index < -0.39 is 5.60 Å². The van der Waals surface area contributed by atoms with Crippen molar-refractivity contribution in [1.29, 1.82) is 0 Å². The van der Waals surface area contributed by atoms with Crippen LogP contribution in [0.15, 0.2) is 24.3 Å². The molecule has 3 N–H and O–H groups in total. The van der Waals surface area contributed by atoms with Crippen molar-refractivity contribution in [2.75, 3.05) is 13.1 Å². The number of hydrogen-bond acceptors (Lipinski definition) is 4. The number of alkyl carbamates (subject to hydrolysis) is 1. The summed E-state index contributed by atoms with van der Waals surface area (Å²) in [4.78, 5) is 11.7. The van der Waals surface area contributed by atoms with E-state index in [2.05, 4.69) is 47.1 Å². The van der Waals surface area contributed by atoms with Crippen LogP contribution in [0.5, 0.6) is 0 Å². The van der Waals surface area contributed by atoms with E-state index in [0.717, 1.165) is 19.5 Å². The van der Waals surface area contributed by atoms with Gasteiger partial charge in [-0.3, -0.25) is 0 Å². The number of hydrogen-bond donors (Lipinski definition) is 3. The second kappa shape index (κ2) is 7.79. The molecule has 5 nitrogen and oxygen atoms in total. The molecule has 2 rings (SSSR count). The highest BCUT2D eigenvalue weighted by molar-refractivity contribution is 5.67.